The molecular weight excluding hydrogens is 232 g/mol. The highest BCUT2D eigenvalue weighted by Gasteiger charge is 2.18. The monoisotopic (exact) mass is 244 g/mol. The van der Waals surface area contributed by atoms with E-state index in [1.165, 1.54) is 25.4 Å². The van der Waals surface area contributed by atoms with Crippen LogP contribution in [0.1, 0.15) is 22.3 Å². The summed E-state index contributed by atoms with van der Waals surface area (Å²) in [6.07, 6.45) is 0. The fraction of sp³-hybridized carbons (Fsp3) is 0.444. The quantitative estimate of drug-likeness (QED) is 0.772. The number of carbonyl (C=O) groups is 2. The van der Waals surface area contributed by atoms with Gasteiger partial charge in [-0.25, -0.2) is 9.78 Å². The average molecular weight is 244 g/mol. The van der Waals surface area contributed by atoms with Gasteiger partial charge < -0.3 is 15.2 Å². The molecule has 0 saturated heterocycles. The van der Waals surface area contributed by atoms with Gasteiger partial charge in [-0.05, 0) is 13.8 Å². The van der Waals surface area contributed by atoms with Gasteiger partial charge in [0.15, 0.2) is 10.8 Å². The highest BCUT2D eigenvalue weighted by Crippen LogP contribution is 2.23. The predicted octanol–water partition coefficient (Wildman–Crippen LogP) is 1.12. The minimum absolute atomic E-state index is 0.215. The maximum Gasteiger partial charge on any atom is 0.357 e. The molecule has 0 aliphatic heterocycles. The molecule has 0 radical (unpaired) electrons. The van der Waals surface area contributed by atoms with Gasteiger partial charge in [0.05, 0.1) is 7.11 Å². The van der Waals surface area contributed by atoms with Crippen molar-refractivity contribution in [2.24, 2.45) is 0 Å². The van der Waals surface area contributed by atoms with Crippen LogP contribution < -0.4 is 5.32 Å². The van der Waals surface area contributed by atoms with E-state index < -0.39 is 18.0 Å². The van der Waals surface area contributed by atoms with Gasteiger partial charge in [0.1, 0.15) is 6.04 Å². The van der Waals surface area contributed by atoms with E-state index in [9.17, 15) is 9.59 Å². The number of aromatic nitrogens is 1. The summed E-state index contributed by atoms with van der Waals surface area (Å²) in [6.45, 7) is 3.22. The molecule has 1 aromatic rings. The number of esters is 1. The minimum Gasteiger partial charge on any atom is -0.480 e. The van der Waals surface area contributed by atoms with Crippen molar-refractivity contribution < 1.29 is 19.4 Å². The molecule has 0 fully saturated rings. The number of carboxylic acid groups (broad SMARTS) is 1. The SMILES string of the molecule is COC(=O)c1nc(NC(C)C(=O)O)sc1C. The molecular formula is C9H12N2O4S. The van der Waals surface area contributed by atoms with Crippen LogP contribution in [0.5, 0.6) is 0 Å². The van der Waals surface area contributed by atoms with Crippen LogP contribution >= 0.6 is 11.3 Å². The fourth-order valence-electron chi connectivity index (χ4n) is 0.991. The summed E-state index contributed by atoms with van der Waals surface area (Å²) in [5.74, 6) is -1.50. The lowest BCUT2D eigenvalue weighted by Gasteiger charge is -2.05. The lowest BCUT2D eigenvalue weighted by atomic mass is 10.3. The number of methoxy groups -OCH3 is 1. The Hall–Kier alpha value is -1.63. The first kappa shape index (κ1) is 12.4. The Balaban J connectivity index is 2.85. The first-order valence-corrected chi connectivity index (χ1v) is 5.32. The average Bonchev–Trinajstić information content (AvgIpc) is 2.58. The van der Waals surface area contributed by atoms with E-state index in [0.29, 0.717) is 10.0 Å². The summed E-state index contributed by atoms with van der Waals surface area (Å²) in [4.78, 5) is 26.5. The molecule has 0 spiro atoms. The fourth-order valence-corrected chi connectivity index (χ4v) is 1.88. The van der Waals surface area contributed by atoms with Crippen LogP contribution in [0.4, 0.5) is 5.13 Å². The van der Waals surface area contributed by atoms with Gasteiger partial charge in [-0.1, -0.05) is 0 Å². The van der Waals surface area contributed by atoms with Gasteiger partial charge in [-0.2, -0.15) is 0 Å². The van der Waals surface area contributed by atoms with Crippen molar-refractivity contribution in [3.63, 3.8) is 0 Å². The molecule has 1 aromatic heterocycles. The van der Waals surface area contributed by atoms with Crippen LogP contribution in [0.15, 0.2) is 0 Å². The van der Waals surface area contributed by atoms with Crippen LogP contribution in [0, 0.1) is 6.92 Å². The highest BCUT2D eigenvalue weighted by molar-refractivity contribution is 7.15. The Morgan fingerprint density at radius 1 is 1.56 bits per heavy atom. The van der Waals surface area contributed by atoms with E-state index in [1.807, 2.05) is 0 Å². The number of aliphatic carboxylic acids is 1. The topological polar surface area (TPSA) is 88.5 Å². The lowest BCUT2D eigenvalue weighted by molar-refractivity contribution is -0.137. The van der Waals surface area contributed by atoms with Crippen molar-refractivity contribution in [3.05, 3.63) is 10.6 Å². The van der Waals surface area contributed by atoms with Crippen molar-refractivity contribution in [2.75, 3.05) is 12.4 Å². The van der Waals surface area contributed by atoms with Crippen LogP contribution in [0.25, 0.3) is 0 Å². The van der Waals surface area contributed by atoms with Gasteiger partial charge in [-0.15, -0.1) is 11.3 Å². The van der Waals surface area contributed by atoms with Gasteiger partial charge in [0.25, 0.3) is 0 Å². The van der Waals surface area contributed by atoms with Crippen molar-refractivity contribution in [1.29, 1.82) is 0 Å². The maximum absolute atomic E-state index is 11.2. The number of ether oxygens (including phenoxy) is 1. The second-order valence-electron chi connectivity index (χ2n) is 3.12. The first-order valence-electron chi connectivity index (χ1n) is 4.50. The van der Waals surface area contributed by atoms with Crippen LogP contribution in [-0.2, 0) is 9.53 Å². The summed E-state index contributed by atoms with van der Waals surface area (Å²) >= 11 is 1.22. The summed E-state index contributed by atoms with van der Waals surface area (Å²) in [6, 6.07) is -0.754. The van der Waals surface area contributed by atoms with E-state index in [1.54, 1.807) is 6.92 Å². The number of carboxylic acids is 1. The smallest absolute Gasteiger partial charge is 0.357 e. The van der Waals surface area contributed by atoms with Crippen LogP contribution in [0.3, 0.4) is 0 Å². The molecule has 88 valence electrons. The van der Waals surface area contributed by atoms with Crippen molar-refractivity contribution >= 4 is 28.4 Å². The number of carbonyl (C=O) groups excluding carboxylic acids is 1. The Labute approximate surface area is 96.3 Å². The second-order valence-corrected chi connectivity index (χ2v) is 4.32. The molecule has 1 atom stereocenters. The zero-order valence-electron chi connectivity index (χ0n) is 9.10. The number of rotatable bonds is 4. The molecule has 0 amide bonds. The number of aryl methyl sites for hydroxylation is 1. The van der Waals surface area contributed by atoms with E-state index >= 15 is 0 Å². The van der Waals surface area contributed by atoms with Crippen molar-refractivity contribution in [2.45, 2.75) is 19.9 Å². The second kappa shape index (κ2) is 4.93. The molecule has 0 aromatic carbocycles. The van der Waals surface area contributed by atoms with Gasteiger partial charge >= 0.3 is 11.9 Å². The summed E-state index contributed by atoms with van der Waals surface area (Å²) < 4.78 is 4.54. The number of thiazole rings is 1. The third kappa shape index (κ3) is 2.69. The Bertz CT molecular complexity index is 416. The van der Waals surface area contributed by atoms with Gasteiger partial charge in [0.2, 0.25) is 0 Å². The highest BCUT2D eigenvalue weighted by atomic mass is 32.1. The molecule has 1 rings (SSSR count). The lowest BCUT2D eigenvalue weighted by Crippen LogP contribution is -2.25. The zero-order chi connectivity index (χ0) is 12.3. The van der Waals surface area contributed by atoms with E-state index in [2.05, 4.69) is 15.0 Å². The number of nitrogens with one attached hydrogen (secondary N) is 1. The molecule has 16 heavy (non-hydrogen) atoms. The number of nitrogens with zero attached hydrogens (tertiary/aromatic N) is 1. The zero-order valence-corrected chi connectivity index (χ0v) is 9.92. The molecule has 1 unspecified atom stereocenters. The Kier molecular flexibility index (Phi) is 3.83. The van der Waals surface area contributed by atoms with Gasteiger partial charge in [-0.3, -0.25) is 4.79 Å². The van der Waals surface area contributed by atoms with E-state index in [0.717, 1.165) is 0 Å². The standard InChI is InChI=1S/C9H12N2O4S/c1-4(7(12)13)10-9-11-6(5(2)16-9)8(14)15-3/h4H,1-3H3,(H,10,11)(H,12,13). The molecule has 0 aliphatic rings. The molecule has 0 saturated carbocycles. The van der Waals surface area contributed by atoms with Crippen LogP contribution in [0.2, 0.25) is 0 Å². The summed E-state index contributed by atoms with van der Waals surface area (Å²) in [5.41, 5.74) is 0.215. The largest absolute Gasteiger partial charge is 0.480 e. The minimum atomic E-state index is -0.979. The van der Waals surface area contributed by atoms with Gasteiger partial charge in [0, 0.05) is 4.88 Å². The maximum atomic E-state index is 11.2. The number of hydrogen-bond donors (Lipinski definition) is 2. The molecule has 6 nitrogen and oxygen atoms in total. The molecule has 7 heteroatoms. The summed E-state index contributed by atoms with van der Waals surface area (Å²) in [7, 11) is 1.27. The molecule has 1 heterocycles. The molecule has 0 aliphatic carbocycles. The molecule has 2 N–H and O–H groups in total. The normalized spacial score (nSPS) is 11.9. The van der Waals surface area contributed by atoms with Crippen LogP contribution in [-0.4, -0.2) is 35.2 Å². The van der Waals surface area contributed by atoms with Crippen molar-refractivity contribution in [3.8, 4) is 0 Å². The van der Waals surface area contributed by atoms with Crippen molar-refractivity contribution in [1.82, 2.24) is 4.98 Å². The van der Waals surface area contributed by atoms with E-state index in [4.69, 9.17) is 5.11 Å². The Morgan fingerprint density at radius 3 is 2.69 bits per heavy atom. The Morgan fingerprint density at radius 2 is 2.19 bits per heavy atom. The molecule has 0 bridgehead atoms. The number of hydrogen-bond acceptors (Lipinski definition) is 6. The first-order chi connectivity index (χ1) is 7.45. The third-order valence-electron chi connectivity index (χ3n) is 1.89. The third-order valence-corrected chi connectivity index (χ3v) is 2.79. The number of anilines is 1. The van der Waals surface area contributed by atoms with E-state index in [-0.39, 0.29) is 5.69 Å². The summed E-state index contributed by atoms with van der Waals surface area (Å²) in [5, 5.41) is 11.8. The predicted molar refractivity (Wildman–Crippen MR) is 58.9 cm³/mol.